The van der Waals surface area contributed by atoms with Crippen molar-refractivity contribution in [3.8, 4) is 11.5 Å². The number of hydrogen-bond donors (Lipinski definition) is 0. The molecule has 0 saturated carbocycles. The second-order valence-corrected chi connectivity index (χ2v) is 9.90. The van der Waals surface area contributed by atoms with Crippen LogP contribution in [0.15, 0.2) is 48.5 Å². The molecule has 0 radical (unpaired) electrons. The van der Waals surface area contributed by atoms with Gasteiger partial charge in [0.2, 0.25) is 8.07 Å². The lowest BCUT2D eigenvalue weighted by atomic mass is 10.2. The van der Waals surface area contributed by atoms with Crippen molar-refractivity contribution in [2.24, 2.45) is 0 Å². The first kappa shape index (κ1) is 17.0. The number of rotatable bonds is 6. The maximum absolute atomic E-state index is 12.8. The van der Waals surface area contributed by atoms with Crippen LogP contribution >= 0.6 is 0 Å². The van der Waals surface area contributed by atoms with Gasteiger partial charge in [0.1, 0.15) is 22.3 Å². The SMILES string of the molecule is COc1ccc(C(=O)[Si](C)(C)C(=O)c2ccc(OC)cc2)cc1. The van der Waals surface area contributed by atoms with Gasteiger partial charge in [0.05, 0.1) is 14.2 Å². The first-order chi connectivity index (χ1) is 10.9. The molecule has 0 aromatic heterocycles. The molecule has 0 bridgehead atoms. The smallest absolute Gasteiger partial charge is 0.214 e. The summed E-state index contributed by atoms with van der Waals surface area (Å²) >= 11 is 0. The predicted molar refractivity (Wildman–Crippen MR) is 92.1 cm³/mol. The number of hydrogen-bond acceptors (Lipinski definition) is 4. The van der Waals surface area contributed by atoms with E-state index in [-0.39, 0.29) is 10.8 Å². The Morgan fingerprint density at radius 1 is 0.696 bits per heavy atom. The van der Waals surface area contributed by atoms with E-state index in [4.69, 9.17) is 9.47 Å². The molecule has 0 spiro atoms. The normalized spacial score (nSPS) is 11.0. The molecule has 0 atom stereocenters. The lowest BCUT2D eigenvalue weighted by molar-refractivity contribution is 0.102. The fourth-order valence-corrected chi connectivity index (χ4v) is 4.29. The summed E-state index contributed by atoms with van der Waals surface area (Å²) in [5, 5.41) is -0.165. The summed E-state index contributed by atoms with van der Waals surface area (Å²) in [4.78, 5) is 25.6. The third kappa shape index (κ3) is 3.51. The first-order valence-corrected chi connectivity index (χ1v) is 10.3. The summed E-state index contributed by atoms with van der Waals surface area (Å²) in [5.41, 5.74) is 1.09. The van der Waals surface area contributed by atoms with Gasteiger partial charge in [-0.05, 0) is 48.5 Å². The monoisotopic (exact) mass is 328 g/mol. The Bertz CT molecular complexity index is 641. The van der Waals surface area contributed by atoms with E-state index in [9.17, 15) is 9.59 Å². The van der Waals surface area contributed by atoms with Gasteiger partial charge < -0.3 is 9.47 Å². The highest BCUT2D eigenvalue weighted by molar-refractivity contribution is 7.26. The predicted octanol–water partition coefficient (Wildman–Crippen LogP) is 3.56. The lowest BCUT2D eigenvalue weighted by Crippen LogP contribution is -2.46. The Hall–Kier alpha value is -2.40. The Morgan fingerprint density at radius 3 is 1.26 bits per heavy atom. The lowest BCUT2D eigenvalue weighted by Gasteiger charge is -2.19. The van der Waals surface area contributed by atoms with Gasteiger partial charge in [0, 0.05) is 11.1 Å². The van der Waals surface area contributed by atoms with Crippen LogP contribution in [0.25, 0.3) is 0 Å². The zero-order valence-electron chi connectivity index (χ0n) is 13.8. The molecule has 0 aliphatic carbocycles. The fourth-order valence-electron chi connectivity index (χ4n) is 2.31. The van der Waals surface area contributed by atoms with E-state index >= 15 is 0 Å². The minimum absolute atomic E-state index is 0.0824. The summed E-state index contributed by atoms with van der Waals surface area (Å²) in [6.07, 6.45) is 0. The van der Waals surface area contributed by atoms with Gasteiger partial charge in [-0.25, -0.2) is 0 Å². The number of ether oxygens (including phenoxy) is 2. The average Bonchev–Trinajstić information content (AvgIpc) is 2.60. The van der Waals surface area contributed by atoms with Crippen LogP contribution in [0.5, 0.6) is 11.5 Å². The molecule has 0 saturated heterocycles. The zero-order chi connectivity index (χ0) is 17.0. The van der Waals surface area contributed by atoms with Crippen LogP contribution in [0.3, 0.4) is 0 Å². The molecule has 2 rings (SSSR count). The van der Waals surface area contributed by atoms with E-state index in [0.29, 0.717) is 22.6 Å². The molecule has 0 aliphatic rings. The Labute approximate surface area is 137 Å². The Kier molecular flexibility index (Phi) is 5.01. The number of carbonyl (C=O) groups is 2. The highest BCUT2D eigenvalue weighted by Crippen LogP contribution is 2.21. The molecule has 5 heteroatoms. The van der Waals surface area contributed by atoms with E-state index < -0.39 is 8.07 Å². The number of benzene rings is 2. The van der Waals surface area contributed by atoms with Crippen molar-refractivity contribution in [2.45, 2.75) is 13.1 Å². The summed E-state index contributed by atoms with van der Waals surface area (Å²) in [6.45, 7) is 3.57. The van der Waals surface area contributed by atoms with Crippen molar-refractivity contribution < 1.29 is 19.1 Å². The molecule has 4 nitrogen and oxygen atoms in total. The van der Waals surface area contributed by atoms with E-state index in [1.807, 2.05) is 0 Å². The van der Waals surface area contributed by atoms with Crippen LogP contribution in [0.4, 0.5) is 0 Å². The fraction of sp³-hybridized carbons (Fsp3) is 0.222. The maximum Gasteiger partial charge on any atom is 0.214 e. The molecule has 23 heavy (non-hydrogen) atoms. The molecule has 0 fully saturated rings. The zero-order valence-corrected chi connectivity index (χ0v) is 14.8. The molecule has 2 aromatic carbocycles. The Balaban J connectivity index is 2.27. The molecular weight excluding hydrogens is 308 g/mol. The Morgan fingerprint density at radius 2 is 1.00 bits per heavy atom. The van der Waals surface area contributed by atoms with Crippen LogP contribution in [0, 0.1) is 0 Å². The molecule has 0 aliphatic heterocycles. The summed E-state index contributed by atoms with van der Waals surface area (Å²) < 4.78 is 10.2. The molecular formula is C18H20O4Si. The summed E-state index contributed by atoms with van der Waals surface area (Å²) in [7, 11) is 0.338. The van der Waals surface area contributed by atoms with Crippen LogP contribution in [0.2, 0.25) is 13.1 Å². The molecule has 0 heterocycles. The van der Waals surface area contributed by atoms with Gasteiger partial charge in [-0.2, -0.15) is 0 Å². The van der Waals surface area contributed by atoms with E-state index in [2.05, 4.69) is 0 Å². The first-order valence-electron chi connectivity index (χ1n) is 7.28. The van der Waals surface area contributed by atoms with Crippen LogP contribution < -0.4 is 9.47 Å². The van der Waals surface area contributed by atoms with E-state index in [1.165, 1.54) is 0 Å². The van der Waals surface area contributed by atoms with Crippen molar-refractivity contribution in [2.75, 3.05) is 14.2 Å². The van der Waals surface area contributed by atoms with Gasteiger partial charge in [-0.15, -0.1) is 0 Å². The molecule has 0 unspecified atom stereocenters. The topological polar surface area (TPSA) is 52.6 Å². The minimum Gasteiger partial charge on any atom is -0.497 e. The third-order valence-corrected chi connectivity index (χ3v) is 6.69. The minimum atomic E-state index is -2.81. The highest BCUT2D eigenvalue weighted by atomic mass is 28.3. The number of carbonyl (C=O) groups excluding carboxylic acids is 2. The third-order valence-electron chi connectivity index (χ3n) is 3.84. The van der Waals surface area contributed by atoms with Gasteiger partial charge in [-0.1, -0.05) is 13.1 Å². The largest absolute Gasteiger partial charge is 0.497 e. The maximum atomic E-state index is 12.8. The second kappa shape index (κ2) is 6.79. The van der Waals surface area contributed by atoms with Crippen molar-refractivity contribution in [3.63, 3.8) is 0 Å². The van der Waals surface area contributed by atoms with Gasteiger partial charge in [0.15, 0.2) is 0 Å². The van der Waals surface area contributed by atoms with Crippen LogP contribution in [-0.4, -0.2) is 33.1 Å². The van der Waals surface area contributed by atoms with Gasteiger partial charge in [-0.3, -0.25) is 9.59 Å². The average molecular weight is 328 g/mol. The van der Waals surface area contributed by atoms with E-state index in [1.54, 1.807) is 75.8 Å². The van der Waals surface area contributed by atoms with Crippen molar-refractivity contribution in [1.29, 1.82) is 0 Å². The van der Waals surface area contributed by atoms with Crippen LogP contribution in [-0.2, 0) is 0 Å². The quantitative estimate of drug-likeness (QED) is 0.761. The highest BCUT2D eigenvalue weighted by Gasteiger charge is 2.40. The second-order valence-electron chi connectivity index (χ2n) is 5.74. The number of methoxy groups -OCH3 is 2. The van der Waals surface area contributed by atoms with Gasteiger partial charge in [0.25, 0.3) is 0 Å². The summed E-state index contributed by atoms with van der Waals surface area (Å²) in [5.74, 6) is 1.37. The van der Waals surface area contributed by atoms with Gasteiger partial charge >= 0.3 is 0 Å². The molecule has 0 amide bonds. The van der Waals surface area contributed by atoms with Crippen LogP contribution in [0.1, 0.15) is 20.7 Å². The van der Waals surface area contributed by atoms with Crippen molar-refractivity contribution in [1.82, 2.24) is 0 Å². The standard InChI is InChI=1S/C18H20O4Si/c1-21-15-9-5-13(6-10-15)17(19)23(3,4)18(20)14-7-11-16(22-2)12-8-14/h5-12H,1-4H3. The molecule has 0 N–H and O–H groups in total. The summed E-state index contributed by atoms with van der Waals surface area (Å²) in [6, 6.07) is 13.7. The van der Waals surface area contributed by atoms with Crippen molar-refractivity contribution >= 4 is 18.9 Å². The van der Waals surface area contributed by atoms with Crippen molar-refractivity contribution in [3.05, 3.63) is 59.7 Å². The molecule has 2 aromatic rings. The van der Waals surface area contributed by atoms with E-state index in [0.717, 1.165) is 0 Å². The molecule has 120 valence electrons.